The van der Waals surface area contributed by atoms with Gasteiger partial charge >= 0.3 is 0 Å². The first kappa shape index (κ1) is 13.5. The van der Waals surface area contributed by atoms with Crippen LogP contribution in [0, 0.1) is 11.7 Å². The lowest BCUT2D eigenvalue weighted by Crippen LogP contribution is -2.36. The van der Waals surface area contributed by atoms with Crippen molar-refractivity contribution in [1.29, 1.82) is 0 Å². The van der Waals surface area contributed by atoms with Crippen LogP contribution in [0.1, 0.15) is 18.5 Å². The van der Waals surface area contributed by atoms with E-state index in [9.17, 15) is 9.50 Å². The molecule has 1 saturated heterocycles. The third-order valence-corrected chi connectivity index (χ3v) is 3.96. The molecule has 0 radical (unpaired) electrons. The summed E-state index contributed by atoms with van der Waals surface area (Å²) in [6, 6.07) is 8.57. The molecule has 1 fully saturated rings. The maximum absolute atomic E-state index is 13.1. The summed E-state index contributed by atoms with van der Waals surface area (Å²) in [6.45, 7) is 3.05. The summed E-state index contributed by atoms with van der Waals surface area (Å²) < 4.78 is 13.1. The maximum Gasteiger partial charge on any atom is 0.123 e. The Hall–Kier alpha value is -1.52. The molecule has 1 unspecified atom stereocenters. The SMILES string of the molecule is OCC1CCCN(Cc2ccc3cc(F)ccc3n2)C1. The average Bonchev–Trinajstić information content (AvgIpc) is 2.47. The number of aliphatic hydroxyl groups is 1. The Morgan fingerprint density at radius 2 is 2.20 bits per heavy atom. The summed E-state index contributed by atoms with van der Waals surface area (Å²) in [5, 5.41) is 10.1. The Labute approximate surface area is 118 Å². The molecule has 3 nitrogen and oxygen atoms in total. The van der Waals surface area contributed by atoms with Crippen LogP contribution in [0.5, 0.6) is 0 Å². The fraction of sp³-hybridized carbons (Fsp3) is 0.438. The van der Waals surface area contributed by atoms with Crippen molar-refractivity contribution in [2.24, 2.45) is 5.92 Å². The lowest BCUT2D eigenvalue weighted by Gasteiger charge is -2.31. The highest BCUT2D eigenvalue weighted by Crippen LogP contribution is 2.19. The van der Waals surface area contributed by atoms with Crippen LogP contribution in [-0.4, -0.2) is 34.7 Å². The molecular formula is C16H19FN2O. The number of aliphatic hydroxyl groups excluding tert-OH is 1. The van der Waals surface area contributed by atoms with Gasteiger partial charge in [-0.3, -0.25) is 9.88 Å². The molecule has 1 aromatic heterocycles. The first-order chi connectivity index (χ1) is 9.74. The van der Waals surface area contributed by atoms with Crippen LogP contribution >= 0.6 is 0 Å². The van der Waals surface area contributed by atoms with Crippen molar-refractivity contribution in [3.63, 3.8) is 0 Å². The van der Waals surface area contributed by atoms with Crippen LogP contribution in [0.4, 0.5) is 4.39 Å². The Bertz CT molecular complexity index is 602. The molecule has 4 heteroatoms. The summed E-state index contributed by atoms with van der Waals surface area (Å²) in [5.74, 6) is 0.159. The Morgan fingerprint density at radius 3 is 3.05 bits per heavy atom. The largest absolute Gasteiger partial charge is 0.396 e. The molecule has 1 N–H and O–H groups in total. The minimum Gasteiger partial charge on any atom is -0.396 e. The third-order valence-electron chi connectivity index (χ3n) is 3.96. The van der Waals surface area contributed by atoms with E-state index in [1.165, 1.54) is 12.1 Å². The van der Waals surface area contributed by atoms with E-state index in [1.54, 1.807) is 6.07 Å². The molecule has 1 aromatic carbocycles. The van der Waals surface area contributed by atoms with Gasteiger partial charge in [0.15, 0.2) is 0 Å². The van der Waals surface area contributed by atoms with Gasteiger partial charge in [-0.05, 0) is 49.6 Å². The van der Waals surface area contributed by atoms with Crippen LogP contribution in [0.3, 0.4) is 0 Å². The van der Waals surface area contributed by atoms with Crippen molar-refractivity contribution in [1.82, 2.24) is 9.88 Å². The van der Waals surface area contributed by atoms with Crippen LogP contribution < -0.4 is 0 Å². The molecule has 0 aliphatic carbocycles. The number of rotatable bonds is 3. The topological polar surface area (TPSA) is 36.4 Å². The molecule has 0 amide bonds. The molecular weight excluding hydrogens is 255 g/mol. The molecule has 1 aliphatic rings. The van der Waals surface area contributed by atoms with Crippen molar-refractivity contribution >= 4 is 10.9 Å². The van der Waals surface area contributed by atoms with Crippen molar-refractivity contribution in [3.05, 3.63) is 41.8 Å². The number of halogens is 1. The lowest BCUT2D eigenvalue weighted by molar-refractivity contribution is 0.115. The van der Waals surface area contributed by atoms with Gasteiger partial charge in [0.2, 0.25) is 0 Å². The second kappa shape index (κ2) is 5.85. The lowest BCUT2D eigenvalue weighted by atomic mass is 9.99. The van der Waals surface area contributed by atoms with Crippen molar-refractivity contribution < 1.29 is 9.50 Å². The number of pyridine rings is 1. The smallest absolute Gasteiger partial charge is 0.123 e. The van der Waals surface area contributed by atoms with Gasteiger partial charge in [-0.2, -0.15) is 0 Å². The second-order valence-corrected chi connectivity index (χ2v) is 5.57. The summed E-state index contributed by atoms with van der Waals surface area (Å²) in [4.78, 5) is 6.93. The van der Waals surface area contributed by atoms with Gasteiger partial charge in [0.05, 0.1) is 11.2 Å². The normalized spacial score (nSPS) is 20.4. The van der Waals surface area contributed by atoms with Gasteiger partial charge in [0.25, 0.3) is 0 Å². The number of hydrogen-bond donors (Lipinski definition) is 1. The van der Waals surface area contributed by atoms with Crippen LogP contribution in [0.15, 0.2) is 30.3 Å². The Balaban J connectivity index is 1.75. The number of fused-ring (bicyclic) bond motifs is 1. The quantitative estimate of drug-likeness (QED) is 0.934. The van der Waals surface area contributed by atoms with Gasteiger partial charge < -0.3 is 5.11 Å². The maximum atomic E-state index is 13.1. The van der Waals surface area contributed by atoms with E-state index in [0.717, 1.165) is 49.1 Å². The highest BCUT2D eigenvalue weighted by atomic mass is 19.1. The van der Waals surface area contributed by atoms with E-state index >= 15 is 0 Å². The summed E-state index contributed by atoms with van der Waals surface area (Å²) >= 11 is 0. The number of nitrogens with zero attached hydrogens (tertiary/aromatic N) is 2. The molecule has 2 aromatic rings. The minimum absolute atomic E-state index is 0.228. The number of piperidine rings is 1. The number of aromatic nitrogens is 1. The van der Waals surface area contributed by atoms with Gasteiger partial charge in [-0.15, -0.1) is 0 Å². The average molecular weight is 274 g/mol. The van der Waals surface area contributed by atoms with E-state index in [-0.39, 0.29) is 12.4 Å². The fourth-order valence-electron chi connectivity index (χ4n) is 2.90. The zero-order chi connectivity index (χ0) is 13.9. The molecule has 0 saturated carbocycles. The second-order valence-electron chi connectivity index (χ2n) is 5.57. The van der Waals surface area contributed by atoms with E-state index < -0.39 is 0 Å². The number of likely N-dealkylation sites (tertiary alicyclic amines) is 1. The predicted octanol–water partition coefficient (Wildman–Crippen LogP) is 2.58. The zero-order valence-electron chi connectivity index (χ0n) is 11.4. The predicted molar refractivity (Wildman–Crippen MR) is 76.8 cm³/mol. The summed E-state index contributed by atoms with van der Waals surface area (Å²) in [7, 11) is 0. The van der Waals surface area contributed by atoms with Crippen LogP contribution in [-0.2, 0) is 6.54 Å². The standard InChI is InChI=1S/C16H19FN2O/c17-14-4-6-16-13(8-14)3-5-15(18-16)10-19-7-1-2-12(9-19)11-20/h3-6,8,12,20H,1-2,7,9-11H2. The first-order valence-corrected chi connectivity index (χ1v) is 7.13. The molecule has 0 spiro atoms. The summed E-state index contributed by atoms with van der Waals surface area (Å²) in [6.07, 6.45) is 2.24. The van der Waals surface area contributed by atoms with Crippen molar-refractivity contribution in [3.8, 4) is 0 Å². The van der Waals surface area contributed by atoms with E-state index in [4.69, 9.17) is 0 Å². The number of hydrogen-bond acceptors (Lipinski definition) is 3. The van der Waals surface area contributed by atoms with E-state index in [0.29, 0.717) is 5.92 Å². The van der Waals surface area contributed by atoms with E-state index in [2.05, 4.69) is 9.88 Å². The van der Waals surface area contributed by atoms with E-state index in [1.807, 2.05) is 12.1 Å². The van der Waals surface area contributed by atoms with Gasteiger partial charge in [-0.1, -0.05) is 6.07 Å². The number of benzene rings is 1. The monoisotopic (exact) mass is 274 g/mol. The Morgan fingerprint density at radius 1 is 1.30 bits per heavy atom. The molecule has 106 valence electrons. The zero-order valence-corrected chi connectivity index (χ0v) is 11.4. The van der Waals surface area contributed by atoms with Gasteiger partial charge in [-0.25, -0.2) is 4.39 Å². The third kappa shape index (κ3) is 2.97. The molecule has 0 bridgehead atoms. The van der Waals surface area contributed by atoms with Gasteiger partial charge in [0.1, 0.15) is 5.82 Å². The van der Waals surface area contributed by atoms with Crippen molar-refractivity contribution in [2.45, 2.75) is 19.4 Å². The van der Waals surface area contributed by atoms with Gasteiger partial charge in [0, 0.05) is 25.1 Å². The highest BCUT2D eigenvalue weighted by Gasteiger charge is 2.19. The minimum atomic E-state index is -0.228. The Kier molecular flexibility index (Phi) is 3.94. The van der Waals surface area contributed by atoms with Crippen LogP contribution in [0.2, 0.25) is 0 Å². The summed E-state index contributed by atoms with van der Waals surface area (Å²) in [5.41, 5.74) is 1.84. The molecule has 1 atom stereocenters. The molecule has 3 rings (SSSR count). The molecule has 1 aliphatic heterocycles. The highest BCUT2D eigenvalue weighted by molar-refractivity contribution is 5.78. The molecule has 20 heavy (non-hydrogen) atoms. The fourth-order valence-corrected chi connectivity index (χ4v) is 2.90. The van der Waals surface area contributed by atoms with Crippen LogP contribution in [0.25, 0.3) is 10.9 Å². The molecule has 2 heterocycles. The first-order valence-electron chi connectivity index (χ1n) is 7.13. The van der Waals surface area contributed by atoms with Crippen molar-refractivity contribution in [2.75, 3.05) is 19.7 Å².